The Morgan fingerprint density at radius 1 is 1.17 bits per heavy atom. The minimum atomic E-state index is -0.229. The van der Waals surface area contributed by atoms with Crippen molar-refractivity contribution in [1.82, 2.24) is 10.3 Å². The summed E-state index contributed by atoms with van der Waals surface area (Å²) in [5.41, 5.74) is 3.61. The average molecular weight is 406 g/mol. The third-order valence-electron chi connectivity index (χ3n) is 5.13. The van der Waals surface area contributed by atoms with Crippen LogP contribution in [0.4, 0.5) is 16.2 Å². The summed E-state index contributed by atoms with van der Waals surface area (Å²) in [6.45, 7) is 2.62. The Morgan fingerprint density at radius 3 is 2.73 bits per heavy atom. The van der Waals surface area contributed by atoms with Crippen molar-refractivity contribution in [2.45, 2.75) is 19.3 Å². The molecule has 0 unspecified atom stereocenters. The number of anilines is 2. The molecule has 0 aliphatic carbocycles. The molecule has 2 heterocycles. The fourth-order valence-corrected chi connectivity index (χ4v) is 3.52. The van der Waals surface area contributed by atoms with Crippen molar-refractivity contribution in [3.63, 3.8) is 0 Å². The Kier molecular flexibility index (Phi) is 6.17. The molecule has 2 amide bonds. The van der Waals surface area contributed by atoms with Crippen LogP contribution in [-0.4, -0.2) is 37.8 Å². The Hall–Kier alpha value is -3.48. The number of nitrogens with one attached hydrogen (secondary N) is 2. The standard InChI is InChI=1S/C23H26N4O3/c1-29-21-9-7-17(8-10-21)22-25-19(16-30-22)11-12-24-23(28)26-18-5-4-6-20(15-18)27-13-2-3-14-27/h4-10,15-16H,2-3,11-14H2,1H3,(H2,24,26,28). The lowest BCUT2D eigenvalue weighted by atomic mass is 10.2. The van der Waals surface area contributed by atoms with Crippen LogP contribution in [0, 0.1) is 0 Å². The number of methoxy groups -OCH3 is 1. The fourth-order valence-electron chi connectivity index (χ4n) is 3.52. The number of urea groups is 1. The van der Waals surface area contributed by atoms with Gasteiger partial charge in [0, 0.05) is 43.0 Å². The third kappa shape index (κ3) is 4.92. The zero-order chi connectivity index (χ0) is 20.8. The summed E-state index contributed by atoms with van der Waals surface area (Å²) in [7, 11) is 1.63. The first-order valence-corrected chi connectivity index (χ1v) is 10.2. The summed E-state index contributed by atoms with van der Waals surface area (Å²) in [6.07, 6.45) is 4.65. The lowest BCUT2D eigenvalue weighted by Gasteiger charge is -2.18. The number of carbonyl (C=O) groups excluding carboxylic acids is 1. The van der Waals surface area contributed by atoms with E-state index in [1.807, 2.05) is 42.5 Å². The number of ether oxygens (including phenoxy) is 1. The van der Waals surface area contributed by atoms with Crippen LogP contribution in [0.5, 0.6) is 5.75 Å². The lowest BCUT2D eigenvalue weighted by Crippen LogP contribution is -2.30. The van der Waals surface area contributed by atoms with Crippen molar-refractivity contribution in [1.29, 1.82) is 0 Å². The Balaban J connectivity index is 1.26. The molecule has 0 spiro atoms. The largest absolute Gasteiger partial charge is 0.497 e. The number of oxazole rings is 1. The van der Waals surface area contributed by atoms with Crippen LogP contribution in [0.15, 0.2) is 59.2 Å². The van der Waals surface area contributed by atoms with Crippen molar-refractivity contribution in [3.8, 4) is 17.2 Å². The van der Waals surface area contributed by atoms with Gasteiger partial charge >= 0.3 is 6.03 Å². The topological polar surface area (TPSA) is 79.6 Å². The molecule has 0 bridgehead atoms. The first kappa shape index (κ1) is 19.8. The second-order valence-corrected chi connectivity index (χ2v) is 7.25. The van der Waals surface area contributed by atoms with Crippen LogP contribution in [-0.2, 0) is 6.42 Å². The van der Waals surface area contributed by atoms with Crippen LogP contribution < -0.4 is 20.3 Å². The van der Waals surface area contributed by atoms with Gasteiger partial charge in [0.15, 0.2) is 0 Å². The molecule has 7 heteroatoms. The summed E-state index contributed by atoms with van der Waals surface area (Å²) >= 11 is 0. The van der Waals surface area contributed by atoms with Gasteiger partial charge < -0.3 is 24.7 Å². The van der Waals surface area contributed by atoms with Crippen LogP contribution in [0.3, 0.4) is 0 Å². The van der Waals surface area contributed by atoms with Gasteiger partial charge in [-0.1, -0.05) is 6.07 Å². The molecule has 0 saturated carbocycles. The molecule has 1 aromatic heterocycles. The van der Waals surface area contributed by atoms with Crippen molar-refractivity contribution in [2.75, 3.05) is 37.0 Å². The van der Waals surface area contributed by atoms with Gasteiger partial charge in [0.25, 0.3) is 0 Å². The number of nitrogens with zero attached hydrogens (tertiary/aromatic N) is 2. The highest BCUT2D eigenvalue weighted by Gasteiger charge is 2.13. The minimum absolute atomic E-state index is 0.229. The highest BCUT2D eigenvalue weighted by Crippen LogP contribution is 2.23. The minimum Gasteiger partial charge on any atom is -0.497 e. The molecule has 4 rings (SSSR count). The molecule has 1 saturated heterocycles. The summed E-state index contributed by atoms with van der Waals surface area (Å²) < 4.78 is 10.7. The van der Waals surface area contributed by atoms with Crippen LogP contribution in [0.1, 0.15) is 18.5 Å². The van der Waals surface area contributed by atoms with E-state index in [0.717, 1.165) is 41.5 Å². The van der Waals surface area contributed by atoms with Gasteiger partial charge in [-0.05, 0) is 55.3 Å². The highest BCUT2D eigenvalue weighted by atomic mass is 16.5. The molecule has 30 heavy (non-hydrogen) atoms. The zero-order valence-electron chi connectivity index (χ0n) is 17.1. The van der Waals surface area contributed by atoms with E-state index < -0.39 is 0 Å². The van der Waals surface area contributed by atoms with E-state index in [1.54, 1.807) is 13.4 Å². The van der Waals surface area contributed by atoms with E-state index in [-0.39, 0.29) is 6.03 Å². The lowest BCUT2D eigenvalue weighted by molar-refractivity contribution is 0.252. The van der Waals surface area contributed by atoms with Crippen LogP contribution >= 0.6 is 0 Å². The number of hydrogen-bond acceptors (Lipinski definition) is 5. The highest BCUT2D eigenvalue weighted by molar-refractivity contribution is 5.89. The molecule has 7 nitrogen and oxygen atoms in total. The second kappa shape index (κ2) is 9.35. The van der Waals surface area contributed by atoms with E-state index in [1.165, 1.54) is 12.8 Å². The molecular weight excluding hydrogens is 380 g/mol. The average Bonchev–Trinajstić information content (AvgIpc) is 3.47. The van der Waals surface area contributed by atoms with Crippen molar-refractivity contribution in [3.05, 3.63) is 60.5 Å². The van der Waals surface area contributed by atoms with E-state index in [9.17, 15) is 4.79 Å². The van der Waals surface area contributed by atoms with E-state index in [0.29, 0.717) is 18.9 Å². The van der Waals surface area contributed by atoms with Gasteiger partial charge in [-0.15, -0.1) is 0 Å². The van der Waals surface area contributed by atoms with E-state index >= 15 is 0 Å². The number of aromatic nitrogens is 1. The Labute approximate surface area is 176 Å². The third-order valence-corrected chi connectivity index (χ3v) is 5.13. The molecule has 2 N–H and O–H groups in total. The van der Waals surface area contributed by atoms with Crippen molar-refractivity contribution >= 4 is 17.4 Å². The molecule has 1 aliphatic heterocycles. The molecule has 0 atom stereocenters. The quantitative estimate of drug-likeness (QED) is 0.611. The zero-order valence-corrected chi connectivity index (χ0v) is 17.1. The van der Waals surface area contributed by atoms with Gasteiger partial charge in [0.1, 0.15) is 12.0 Å². The maximum absolute atomic E-state index is 12.2. The Morgan fingerprint density at radius 2 is 1.97 bits per heavy atom. The smallest absolute Gasteiger partial charge is 0.319 e. The maximum Gasteiger partial charge on any atom is 0.319 e. The second-order valence-electron chi connectivity index (χ2n) is 7.25. The molecule has 3 aromatic rings. The van der Waals surface area contributed by atoms with Gasteiger partial charge in [-0.3, -0.25) is 0 Å². The summed E-state index contributed by atoms with van der Waals surface area (Å²) in [5.74, 6) is 1.34. The first-order chi connectivity index (χ1) is 14.7. The predicted molar refractivity (Wildman–Crippen MR) is 117 cm³/mol. The molecule has 1 aliphatic rings. The summed E-state index contributed by atoms with van der Waals surface area (Å²) in [5, 5.41) is 5.77. The van der Waals surface area contributed by atoms with Crippen LogP contribution in [0.2, 0.25) is 0 Å². The number of benzene rings is 2. The molecule has 0 radical (unpaired) electrons. The number of carbonyl (C=O) groups is 1. The molecular formula is C23H26N4O3. The molecule has 156 valence electrons. The molecule has 2 aromatic carbocycles. The van der Waals surface area contributed by atoms with Gasteiger partial charge in [0.05, 0.1) is 12.8 Å². The monoisotopic (exact) mass is 406 g/mol. The van der Waals surface area contributed by atoms with Gasteiger partial charge in [0.2, 0.25) is 5.89 Å². The Bertz CT molecular complexity index is 978. The van der Waals surface area contributed by atoms with Crippen LogP contribution in [0.25, 0.3) is 11.5 Å². The van der Waals surface area contributed by atoms with Crippen molar-refractivity contribution < 1.29 is 13.9 Å². The van der Waals surface area contributed by atoms with Gasteiger partial charge in [-0.25, -0.2) is 9.78 Å². The summed E-state index contributed by atoms with van der Waals surface area (Å²) in [6, 6.07) is 15.3. The normalized spacial score (nSPS) is 13.3. The van der Waals surface area contributed by atoms with Gasteiger partial charge in [-0.2, -0.15) is 0 Å². The summed E-state index contributed by atoms with van der Waals surface area (Å²) in [4.78, 5) is 19.1. The fraction of sp³-hybridized carbons (Fsp3) is 0.304. The number of amides is 2. The molecule has 1 fully saturated rings. The van der Waals surface area contributed by atoms with Crippen molar-refractivity contribution in [2.24, 2.45) is 0 Å². The van der Waals surface area contributed by atoms with E-state index in [2.05, 4.69) is 26.6 Å². The number of rotatable bonds is 7. The SMILES string of the molecule is COc1ccc(-c2nc(CCNC(=O)Nc3cccc(N4CCCC4)c3)co2)cc1. The van der Waals surface area contributed by atoms with E-state index in [4.69, 9.17) is 9.15 Å². The predicted octanol–water partition coefficient (Wildman–Crippen LogP) is 4.31. The number of hydrogen-bond donors (Lipinski definition) is 2. The maximum atomic E-state index is 12.2. The first-order valence-electron chi connectivity index (χ1n) is 10.2.